The lowest BCUT2D eigenvalue weighted by Crippen LogP contribution is -2.37. The molecule has 0 atom stereocenters. The minimum Gasteiger partial charge on any atom is -0.493 e. The highest BCUT2D eigenvalue weighted by Gasteiger charge is 2.13. The zero-order valence-electron chi connectivity index (χ0n) is 18.2. The Kier molecular flexibility index (Phi) is 12.6. The maximum absolute atomic E-state index is 5.90. The van der Waals surface area contributed by atoms with Gasteiger partial charge in [0.25, 0.3) is 0 Å². The molecule has 2 N–H and O–H groups in total. The maximum atomic E-state index is 5.90. The molecule has 0 unspecified atom stereocenters. The summed E-state index contributed by atoms with van der Waals surface area (Å²) in [5.74, 6) is 2.96. The van der Waals surface area contributed by atoms with E-state index >= 15 is 0 Å². The van der Waals surface area contributed by atoms with Crippen LogP contribution in [0.5, 0.6) is 23.1 Å². The molecule has 0 spiro atoms. The zero-order valence-corrected chi connectivity index (χ0v) is 20.6. The van der Waals surface area contributed by atoms with E-state index in [0.717, 1.165) is 31.0 Å². The van der Waals surface area contributed by atoms with Crippen LogP contribution >= 0.6 is 24.0 Å². The lowest BCUT2D eigenvalue weighted by molar-refractivity contribution is 0.342. The maximum Gasteiger partial charge on any atom is 0.219 e. The molecule has 7 nitrogen and oxygen atoms in total. The summed E-state index contributed by atoms with van der Waals surface area (Å²) < 4.78 is 16.6. The average Bonchev–Trinajstić information content (AvgIpc) is 2.76. The van der Waals surface area contributed by atoms with Gasteiger partial charge in [0.2, 0.25) is 11.6 Å². The van der Waals surface area contributed by atoms with E-state index in [2.05, 4.69) is 34.5 Å². The Morgan fingerprint density at radius 2 is 1.73 bits per heavy atom. The summed E-state index contributed by atoms with van der Waals surface area (Å²) in [5.41, 5.74) is 0.995. The molecule has 0 aliphatic heterocycles. The second-order valence-electron chi connectivity index (χ2n) is 6.43. The smallest absolute Gasteiger partial charge is 0.219 e. The van der Waals surface area contributed by atoms with Gasteiger partial charge in [0.15, 0.2) is 17.5 Å². The number of pyridine rings is 1. The fraction of sp³-hybridized carbons (Fsp3) is 0.455. The molecule has 2 aromatic rings. The number of nitrogens with zero attached hydrogens (tertiary/aromatic N) is 2. The van der Waals surface area contributed by atoms with Crippen LogP contribution < -0.4 is 24.8 Å². The second kappa shape index (κ2) is 14.7. The lowest BCUT2D eigenvalue weighted by atomic mass is 10.2. The second-order valence-corrected chi connectivity index (χ2v) is 6.43. The van der Waals surface area contributed by atoms with Gasteiger partial charge in [0, 0.05) is 25.4 Å². The standard InChI is InChI=1S/C22H32N4O3.HI/c1-5-7-8-14-24-22(23-6-2)26-16-17-12-13-20(25-15-17)29-21-18(27-3)10-9-11-19(21)28-4;/h9-13,15H,5-8,14,16H2,1-4H3,(H2,23,24,26);1H. The van der Waals surface area contributed by atoms with Gasteiger partial charge in [-0.2, -0.15) is 0 Å². The third-order valence-electron chi connectivity index (χ3n) is 4.22. The first-order chi connectivity index (χ1) is 14.2. The van der Waals surface area contributed by atoms with Crippen molar-refractivity contribution in [3.05, 3.63) is 42.1 Å². The zero-order chi connectivity index (χ0) is 20.9. The molecule has 1 heterocycles. The van der Waals surface area contributed by atoms with Gasteiger partial charge in [-0.15, -0.1) is 24.0 Å². The van der Waals surface area contributed by atoms with Crippen LogP contribution in [-0.2, 0) is 6.54 Å². The van der Waals surface area contributed by atoms with Gasteiger partial charge in [-0.3, -0.25) is 0 Å². The van der Waals surface area contributed by atoms with Gasteiger partial charge in [0.1, 0.15) is 0 Å². The molecule has 1 aromatic carbocycles. The summed E-state index contributed by atoms with van der Waals surface area (Å²) in [4.78, 5) is 9.02. The van der Waals surface area contributed by atoms with Crippen LogP contribution in [0.4, 0.5) is 0 Å². The Bertz CT molecular complexity index is 747. The summed E-state index contributed by atoms with van der Waals surface area (Å²) in [6.07, 6.45) is 5.33. The van der Waals surface area contributed by atoms with Gasteiger partial charge in [0.05, 0.1) is 20.8 Å². The van der Waals surface area contributed by atoms with E-state index in [-0.39, 0.29) is 24.0 Å². The summed E-state index contributed by atoms with van der Waals surface area (Å²) in [7, 11) is 3.18. The molecule has 2 rings (SSSR count). The highest BCUT2D eigenvalue weighted by Crippen LogP contribution is 2.39. The van der Waals surface area contributed by atoms with Crippen LogP contribution in [0, 0.1) is 0 Å². The summed E-state index contributed by atoms with van der Waals surface area (Å²) >= 11 is 0. The van der Waals surface area contributed by atoms with Crippen molar-refractivity contribution in [1.82, 2.24) is 15.6 Å². The van der Waals surface area contributed by atoms with Crippen LogP contribution in [0.15, 0.2) is 41.5 Å². The fourth-order valence-electron chi connectivity index (χ4n) is 2.68. The van der Waals surface area contributed by atoms with Crippen molar-refractivity contribution in [3.63, 3.8) is 0 Å². The Balaban J connectivity index is 0.00000450. The first-order valence-corrected chi connectivity index (χ1v) is 10.1. The summed E-state index contributed by atoms with van der Waals surface area (Å²) in [5, 5.41) is 6.63. The largest absolute Gasteiger partial charge is 0.493 e. The third-order valence-corrected chi connectivity index (χ3v) is 4.22. The molecule has 0 radical (unpaired) electrons. The van der Waals surface area contributed by atoms with E-state index in [1.165, 1.54) is 12.8 Å². The number of methoxy groups -OCH3 is 2. The van der Waals surface area contributed by atoms with Gasteiger partial charge in [-0.1, -0.05) is 31.9 Å². The predicted molar refractivity (Wildman–Crippen MR) is 132 cm³/mol. The molecule has 0 amide bonds. The first kappa shape index (κ1) is 25.8. The number of hydrogen-bond donors (Lipinski definition) is 2. The molecule has 0 saturated heterocycles. The monoisotopic (exact) mass is 528 g/mol. The van der Waals surface area contributed by atoms with Crippen LogP contribution in [0.2, 0.25) is 0 Å². The number of hydrogen-bond acceptors (Lipinski definition) is 5. The van der Waals surface area contributed by atoms with E-state index < -0.39 is 0 Å². The molecule has 0 saturated carbocycles. The minimum atomic E-state index is 0. The number of halogens is 1. The number of benzene rings is 1. The minimum absolute atomic E-state index is 0. The number of ether oxygens (including phenoxy) is 3. The van der Waals surface area contributed by atoms with Crippen molar-refractivity contribution >= 4 is 29.9 Å². The Labute approximate surface area is 196 Å². The number of unbranched alkanes of at least 4 members (excludes halogenated alkanes) is 2. The molecule has 30 heavy (non-hydrogen) atoms. The van der Waals surface area contributed by atoms with E-state index in [0.29, 0.717) is 29.7 Å². The molecule has 0 aliphatic carbocycles. The van der Waals surface area contributed by atoms with Crippen molar-refractivity contribution in [2.24, 2.45) is 4.99 Å². The number of nitrogens with one attached hydrogen (secondary N) is 2. The van der Waals surface area contributed by atoms with Crippen LogP contribution in [0.25, 0.3) is 0 Å². The average molecular weight is 528 g/mol. The molecule has 0 bridgehead atoms. The van der Waals surface area contributed by atoms with E-state index in [1.54, 1.807) is 20.4 Å². The molecule has 8 heteroatoms. The number of guanidine groups is 1. The third kappa shape index (κ3) is 8.25. The van der Waals surface area contributed by atoms with Crippen LogP contribution in [0.3, 0.4) is 0 Å². The van der Waals surface area contributed by atoms with Crippen molar-refractivity contribution in [2.75, 3.05) is 27.3 Å². The van der Waals surface area contributed by atoms with E-state index in [4.69, 9.17) is 14.2 Å². The van der Waals surface area contributed by atoms with Crippen molar-refractivity contribution in [2.45, 2.75) is 39.7 Å². The quantitative estimate of drug-likeness (QED) is 0.190. The Morgan fingerprint density at radius 3 is 2.30 bits per heavy atom. The topological polar surface area (TPSA) is 77.0 Å². The molecule has 0 fully saturated rings. The van der Waals surface area contributed by atoms with Gasteiger partial charge in [-0.05, 0) is 31.0 Å². The summed E-state index contributed by atoms with van der Waals surface area (Å²) in [6.45, 7) is 6.54. The number of aliphatic imine (C=N–C) groups is 1. The Morgan fingerprint density at radius 1 is 1.00 bits per heavy atom. The fourth-order valence-corrected chi connectivity index (χ4v) is 2.68. The van der Waals surface area contributed by atoms with Gasteiger partial charge >= 0.3 is 0 Å². The molecular weight excluding hydrogens is 495 g/mol. The van der Waals surface area contributed by atoms with Crippen molar-refractivity contribution < 1.29 is 14.2 Å². The number of aromatic nitrogens is 1. The SMILES string of the molecule is CCCCCNC(=NCc1ccc(Oc2c(OC)cccc2OC)nc1)NCC.I. The first-order valence-electron chi connectivity index (χ1n) is 10.1. The molecular formula is C22H33IN4O3. The van der Waals surface area contributed by atoms with Gasteiger partial charge in [-0.25, -0.2) is 9.98 Å². The highest BCUT2D eigenvalue weighted by atomic mass is 127. The number of rotatable bonds is 11. The molecule has 166 valence electrons. The van der Waals surface area contributed by atoms with Crippen molar-refractivity contribution in [1.29, 1.82) is 0 Å². The van der Waals surface area contributed by atoms with Crippen LogP contribution in [-0.4, -0.2) is 38.3 Å². The van der Waals surface area contributed by atoms with E-state index in [9.17, 15) is 0 Å². The van der Waals surface area contributed by atoms with Crippen LogP contribution in [0.1, 0.15) is 38.7 Å². The number of para-hydroxylation sites is 1. The lowest BCUT2D eigenvalue weighted by Gasteiger charge is -2.13. The van der Waals surface area contributed by atoms with E-state index in [1.807, 2.05) is 30.3 Å². The molecule has 1 aromatic heterocycles. The van der Waals surface area contributed by atoms with Gasteiger partial charge < -0.3 is 24.8 Å². The summed E-state index contributed by atoms with van der Waals surface area (Å²) in [6, 6.07) is 9.25. The molecule has 0 aliphatic rings. The highest BCUT2D eigenvalue weighted by molar-refractivity contribution is 14.0. The van der Waals surface area contributed by atoms with Crippen molar-refractivity contribution in [3.8, 4) is 23.1 Å². The Hall–Kier alpha value is -2.23. The predicted octanol–water partition coefficient (Wildman–Crippen LogP) is 4.75. The normalized spacial score (nSPS) is 10.7.